The van der Waals surface area contributed by atoms with Crippen molar-refractivity contribution in [2.75, 3.05) is 17.6 Å². The van der Waals surface area contributed by atoms with E-state index in [1.165, 1.54) is 30.0 Å². The van der Waals surface area contributed by atoms with Crippen LogP contribution in [0.1, 0.15) is 0 Å². The lowest BCUT2D eigenvalue weighted by molar-refractivity contribution is -0.120. The number of amides is 1. The molecule has 0 aromatic heterocycles. The molecular weight excluding hydrogens is 315 g/mol. The third-order valence-electron chi connectivity index (χ3n) is 2.93. The average molecular weight is 329 g/mol. The lowest BCUT2D eigenvalue weighted by Crippen LogP contribution is -2.35. The van der Waals surface area contributed by atoms with Crippen molar-refractivity contribution in [2.24, 2.45) is 10.9 Å². The number of carbonyl (C=O) groups excluding carboxylic acids is 1. The number of anilines is 1. The van der Waals surface area contributed by atoms with E-state index in [2.05, 4.69) is 16.9 Å². The zero-order valence-corrected chi connectivity index (χ0v) is 12.6. The second-order valence-corrected chi connectivity index (χ2v) is 5.86. The average Bonchev–Trinajstić information content (AvgIpc) is 2.82. The molecule has 0 saturated carbocycles. The van der Waals surface area contributed by atoms with E-state index in [-0.39, 0.29) is 17.3 Å². The fourth-order valence-corrected chi connectivity index (χ4v) is 3.00. The molecule has 1 heterocycles. The minimum absolute atomic E-state index is 0.0142. The van der Waals surface area contributed by atoms with Gasteiger partial charge in [-0.2, -0.15) is 0 Å². The molecule has 7 heteroatoms. The molecule has 0 aliphatic carbocycles. The molecule has 0 bridgehead atoms. The maximum absolute atomic E-state index is 13.8. The summed E-state index contributed by atoms with van der Waals surface area (Å²) in [4.78, 5) is 16.4. The predicted molar refractivity (Wildman–Crippen MR) is 84.5 cm³/mol. The first-order valence-corrected chi connectivity index (χ1v) is 7.62. The molecule has 0 saturated heterocycles. The van der Waals surface area contributed by atoms with Crippen LogP contribution in [0.5, 0.6) is 0 Å². The van der Waals surface area contributed by atoms with E-state index in [0.717, 1.165) is 0 Å². The van der Waals surface area contributed by atoms with Gasteiger partial charge < -0.3 is 10.4 Å². The molecule has 1 aliphatic heterocycles. The number of thioether (sulfide) groups is 1. The number of carbonyl (C=O) groups is 1. The Hall–Kier alpha value is -1.37. The summed E-state index contributed by atoms with van der Waals surface area (Å²) >= 11 is 7.00. The molecule has 4 nitrogen and oxygen atoms in total. The van der Waals surface area contributed by atoms with Crippen molar-refractivity contribution in [3.8, 4) is 0 Å². The fourth-order valence-electron chi connectivity index (χ4n) is 1.93. The highest BCUT2D eigenvalue weighted by Gasteiger charge is 2.36. The molecule has 1 aliphatic rings. The largest absolute Gasteiger partial charge is 0.390 e. The molecule has 112 valence electrons. The summed E-state index contributed by atoms with van der Waals surface area (Å²) in [5, 5.41) is 12.8. The lowest BCUT2D eigenvalue weighted by Gasteiger charge is -2.16. The van der Waals surface area contributed by atoms with Crippen molar-refractivity contribution >= 4 is 40.0 Å². The Morgan fingerprint density at radius 3 is 3.14 bits per heavy atom. The van der Waals surface area contributed by atoms with Gasteiger partial charge in [0.25, 0.3) is 0 Å². The highest BCUT2D eigenvalue weighted by Crippen LogP contribution is 2.27. The molecule has 21 heavy (non-hydrogen) atoms. The molecule has 1 aromatic carbocycles. The monoisotopic (exact) mass is 328 g/mol. The Kier molecular flexibility index (Phi) is 5.39. The molecule has 0 radical (unpaired) electrons. The van der Waals surface area contributed by atoms with E-state index in [4.69, 9.17) is 11.6 Å². The van der Waals surface area contributed by atoms with Crippen LogP contribution in [0.25, 0.3) is 0 Å². The third-order valence-corrected chi connectivity index (χ3v) is 4.30. The molecule has 1 amide bonds. The van der Waals surface area contributed by atoms with E-state index in [9.17, 15) is 14.3 Å². The molecule has 2 atom stereocenters. The fraction of sp³-hybridized carbons (Fsp3) is 0.286. The van der Waals surface area contributed by atoms with Crippen LogP contribution in [0.15, 0.2) is 35.8 Å². The van der Waals surface area contributed by atoms with Crippen molar-refractivity contribution in [1.29, 1.82) is 0 Å². The molecule has 2 N–H and O–H groups in total. The van der Waals surface area contributed by atoms with Crippen LogP contribution in [0, 0.1) is 11.7 Å². The minimum Gasteiger partial charge on any atom is -0.390 e. The first kappa shape index (κ1) is 16.0. The molecule has 2 rings (SSSR count). The van der Waals surface area contributed by atoms with Gasteiger partial charge in [0, 0.05) is 5.75 Å². The summed E-state index contributed by atoms with van der Waals surface area (Å²) in [5.74, 6) is -1.41. The standard InChI is InChI=1S/C14H14ClFN2O2S/c1-2-6-21-14-11(10(19)7-17-14)13(20)18-9-5-3-4-8(15)12(9)16/h2-5,10-11,19H,1,6-7H2,(H,18,20). The number of hydrogen-bond acceptors (Lipinski definition) is 4. The Balaban J connectivity index is 2.13. The summed E-state index contributed by atoms with van der Waals surface area (Å²) in [7, 11) is 0. The Labute approximate surface area is 131 Å². The highest BCUT2D eigenvalue weighted by molar-refractivity contribution is 8.14. The first-order valence-electron chi connectivity index (χ1n) is 6.25. The van der Waals surface area contributed by atoms with Gasteiger partial charge in [0.15, 0.2) is 5.82 Å². The Bertz CT molecular complexity index is 594. The van der Waals surface area contributed by atoms with E-state index in [0.29, 0.717) is 10.8 Å². The summed E-state index contributed by atoms with van der Waals surface area (Å²) in [6.07, 6.45) is 0.781. The van der Waals surface area contributed by atoms with Crippen LogP contribution >= 0.6 is 23.4 Å². The second-order valence-electron chi connectivity index (χ2n) is 4.41. The summed E-state index contributed by atoms with van der Waals surface area (Å²) in [5.41, 5.74) is -0.0142. The Morgan fingerprint density at radius 2 is 2.43 bits per heavy atom. The number of nitrogens with zero attached hydrogens (tertiary/aromatic N) is 1. The van der Waals surface area contributed by atoms with Crippen LogP contribution in [-0.2, 0) is 4.79 Å². The van der Waals surface area contributed by atoms with Gasteiger partial charge in [-0.1, -0.05) is 23.7 Å². The van der Waals surface area contributed by atoms with Crippen molar-refractivity contribution in [2.45, 2.75) is 6.10 Å². The van der Waals surface area contributed by atoms with Gasteiger partial charge in [-0.25, -0.2) is 4.39 Å². The number of benzene rings is 1. The molecule has 2 unspecified atom stereocenters. The Morgan fingerprint density at radius 1 is 1.67 bits per heavy atom. The predicted octanol–water partition coefficient (Wildman–Crippen LogP) is 2.73. The SMILES string of the molecule is C=CCSC1=NCC(O)C1C(=O)Nc1cccc(Cl)c1F. The maximum Gasteiger partial charge on any atom is 0.236 e. The minimum atomic E-state index is -0.903. The van der Waals surface area contributed by atoms with Gasteiger partial charge in [0.05, 0.1) is 28.4 Å². The highest BCUT2D eigenvalue weighted by atomic mass is 35.5. The van der Waals surface area contributed by atoms with E-state index < -0.39 is 23.7 Å². The number of hydrogen-bond donors (Lipinski definition) is 2. The molecule has 0 fully saturated rings. The van der Waals surface area contributed by atoms with Crippen LogP contribution in [0.3, 0.4) is 0 Å². The molecule has 1 aromatic rings. The van der Waals surface area contributed by atoms with Crippen LogP contribution in [0.2, 0.25) is 5.02 Å². The van der Waals surface area contributed by atoms with Gasteiger partial charge in [0.1, 0.15) is 5.92 Å². The first-order chi connectivity index (χ1) is 10.0. The zero-order valence-electron chi connectivity index (χ0n) is 11.1. The smallest absolute Gasteiger partial charge is 0.236 e. The van der Waals surface area contributed by atoms with E-state index >= 15 is 0 Å². The second kappa shape index (κ2) is 7.06. The van der Waals surface area contributed by atoms with Gasteiger partial charge in [-0.15, -0.1) is 18.3 Å². The number of halogens is 2. The summed E-state index contributed by atoms with van der Waals surface area (Å²) in [6, 6.07) is 4.34. The van der Waals surface area contributed by atoms with Gasteiger partial charge in [0.2, 0.25) is 5.91 Å². The zero-order chi connectivity index (χ0) is 15.4. The van der Waals surface area contributed by atoms with Crippen molar-refractivity contribution in [3.05, 3.63) is 41.7 Å². The third kappa shape index (κ3) is 3.64. The van der Waals surface area contributed by atoms with E-state index in [1.54, 1.807) is 6.08 Å². The summed E-state index contributed by atoms with van der Waals surface area (Å²) in [6.45, 7) is 3.76. The normalized spacial score (nSPS) is 21.0. The van der Waals surface area contributed by atoms with Crippen LogP contribution < -0.4 is 5.32 Å². The topological polar surface area (TPSA) is 61.7 Å². The van der Waals surface area contributed by atoms with Gasteiger partial charge in [-0.3, -0.25) is 9.79 Å². The number of nitrogens with one attached hydrogen (secondary N) is 1. The summed E-state index contributed by atoms with van der Waals surface area (Å²) < 4.78 is 13.8. The number of rotatable bonds is 4. The van der Waals surface area contributed by atoms with Crippen molar-refractivity contribution in [3.63, 3.8) is 0 Å². The van der Waals surface area contributed by atoms with Gasteiger partial charge in [-0.05, 0) is 12.1 Å². The molecule has 0 spiro atoms. The van der Waals surface area contributed by atoms with E-state index in [1.807, 2.05) is 0 Å². The van der Waals surface area contributed by atoms with Crippen LogP contribution in [0.4, 0.5) is 10.1 Å². The van der Waals surface area contributed by atoms with Crippen molar-refractivity contribution < 1.29 is 14.3 Å². The lowest BCUT2D eigenvalue weighted by atomic mass is 10.1. The number of aliphatic hydroxyl groups excluding tert-OH is 1. The van der Waals surface area contributed by atoms with Crippen molar-refractivity contribution in [1.82, 2.24) is 0 Å². The van der Waals surface area contributed by atoms with Gasteiger partial charge >= 0.3 is 0 Å². The number of aliphatic imine (C=N–C) groups is 1. The van der Waals surface area contributed by atoms with Crippen LogP contribution in [-0.4, -0.2) is 34.5 Å². The number of aliphatic hydroxyl groups is 1. The maximum atomic E-state index is 13.8. The molecular formula is C14H14ClFN2O2S. The quantitative estimate of drug-likeness (QED) is 0.835.